The van der Waals surface area contributed by atoms with Crippen LogP contribution in [0.4, 0.5) is 0 Å². The summed E-state index contributed by atoms with van der Waals surface area (Å²) in [5.41, 5.74) is 4.24. The Labute approximate surface area is 173 Å². The predicted octanol–water partition coefficient (Wildman–Crippen LogP) is 6.75. The summed E-state index contributed by atoms with van der Waals surface area (Å²) in [7, 11) is 0. The monoisotopic (exact) mass is 386 g/mol. The van der Waals surface area contributed by atoms with Gasteiger partial charge in [0.25, 0.3) is 0 Å². The third kappa shape index (κ3) is 5.00. The topological polar surface area (TPSA) is 29.5 Å². The Kier molecular flexibility index (Phi) is 6.92. The Hall–Kier alpha value is -0.860. The summed E-state index contributed by atoms with van der Waals surface area (Å²) < 4.78 is 6.22. The number of rotatable bonds is 6. The molecule has 3 aliphatic carbocycles. The summed E-state index contributed by atoms with van der Waals surface area (Å²) in [5.74, 6) is 1.33. The SMILES string of the molecule is C=C1CCCCC1=CC=C1CCC[C@]2(C)[C@@H]([C@H](C)OCCC(C)(C)O)CC[C@@H]12. The summed E-state index contributed by atoms with van der Waals surface area (Å²) in [5, 5.41) is 9.95. The van der Waals surface area contributed by atoms with E-state index in [0.29, 0.717) is 30.3 Å². The van der Waals surface area contributed by atoms with Crippen LogP contribution in [0, 0.1) is 17.3 Å². The second kappa shape index (κ2) is 8.88. The van der Waals surface area contributed by atoms with Crippen molar-refractivity contribution < 1.29 is 9.84 Å². The van der Waals surface area contributed by atoms with Gasteiger partial charge in [-0.3, -0.25) is 0 Å². The van der Waals surface area contributed by atoms with Gasteiger partial charge < -0.3 is 9.84 Å². The molecule has 2 nitrogen and oxygen atoms in total. The average Bonchev–Trinajstić information content (AvgIpc) is 2.97. The second-order valence-electron chi connectivity index (χ2n) is 10.5. The van der Waals surface area contributed by atoms with E-state index in [9.17, 15) is 5.11 Å². The lowest BCUT2D eigenvalue weighted by Gasteiger charge is -2.44. The molecule has 0 spiro atoms. The summed E-state index contributed by atoms with van der Waals surface area (Å²) in [4.78, 5) is 0. The molecule has 0 heterocycles. The maximum absolute atomic E-state index is 9.95. The number of hydrogen-bond acceptors (Lipinski definition) is 2. The molecule has 1 N–H and O–H groups in total. The predicted molar refractivity (Wildman–Crippen MR) is 118 cm³/mol. The number of aliphatic hydroxyl groups is 1. The van der Waals surface area contributed by atoms with Gasteiger partial charge in [-0.15, -0.1) is 0 Å². The lowest BCUT2D eigenvalue weighted by molar-refractivity contribution is -0.0454. The second-order valence-corrected chi connectivity index (χ2v) is 10.5. The third-order valence-electron chi connectivity index (χ3n) is 7.83. The van der Waals surface area contributed by atoms with Gasteiger partial charge in [0.1, 0.15) is 0 Å². The minimum absolute atomic E-state index is 0.271. The van der Waals surface area contributed by atoms with Gasteiger partial charge >= 0.3 is 0 Å². The van der Waals surface area contributed by atoms with E-state index in [0.717, 1.165) is 0 Å². The molecule has 2 heteroatoms. The van der Waals surface area contributed by atoms with Crippen molar-refractivity contribution >= 4 is 0 Å². The first-order chi connectivity index (χ1) is 13.2. The summed E-state index contributed by atoms with van der Waals surface area (Å²) in [6, 6.07) is 0. The fourth-order valence-corrected chi connectivity index (χ4v) is 6.06. The van der Waals surface area contributed by atoms with Gasteiger partial charge in [0.15, 0.2) is 0 Å². The zero-order chi connectivity index (χ0) is 20.4. The van der Waals surface area contributed by atoms with E-state index in [1.165, 1.54) is 68.9 Å². The number of hydrogen-bond donors (Lipinski definition) is 1. The molecule has 0 saturated heterocycles. The van der Waals surface area contributed by atoms with Gasteiger partial charge in [0.05, 0.1) is 11.7 Å². The van der Waals surface area contributed by atoms with Crippen LogP contribution in [-0.2, 0) is 4.74 Å². The molecule has 28 heavy (non-hydrogen) atoms. The summed E-state index contributed by atoms with van der Waals surface area (Å²) in [6.07, 6.45) is 17.3. The third-order valence-corrected chi connectivity index (χ3v) is 7.83. The van der Waals surface area contributed by atoms with Crippen LogP contribution in [-0.4, -0.2) is 23.4 Å². The first-order valence-electron chi connectivity index (χ1n) is 11.6. The van der Waals surface area contributed by atoms with Crippen molar-refractivity contribution in [1.29, 1.82) is 0 Å². The fourth-order valence-electron chi connectivity index (χ4n) is 6.06. The first-order valence-corrected chi connectivity index (χ1v) is 11.6. The van der Waals surface area contributed by atoms with E-state index in [1.54, 1.807) is 5.57 Å². The van der Waals surface area contributed by atoms with Crippen molar-refractivity contribution in [1.82, 2.24) is 0 Å². The van der Waals surface area contributed by atoms with E-state index < -0.39 is 5.60 Å². The minimum Gasteiger partial charge on any atom is -0.390 e. The Morgan fingerprint density at radius 2 is 1.93 bits per heavy atom. The molecule has 0 aliphatic heterocycles. The highest BCUT2D eigenvalue weighted by Crippen LogP contribution is 2.58. The average molecular weight is 387 g/mol. The van der Waals surface area contributed by atoms with Crippen molar-refractivity contribution in [2.75, 3.05) is 6.61 Å². The Morgan fingerprint density at radius 3 is 2.64 bits per heavy atom. The normalized spacial score (nSPS) is 35.4. The van der Waals surface area contributed by atoms with Gasteiger partial charge in [-0.05, 0) is 108 Å². The molecule has 0 aromatic carbocycles. The standard InChI is InChI=1S/C26H42O2/c1-19-9-6-7-10-21(19)12-13-22-11-8-16-26(5)23(14-15-24(22)26)20(2)28-18-17-25(3,4)27/h12-13,20,23-24,27H,1,6-11,14-18H2,2-5H3/t20-,23+,24-,26+/m0/s1. The molecule has 0 unspecified atom stereocenters. The van der Waals surface area contributed by atoms with Crippen molar-refractivity contribution in [3.05, 3.63) is 35.5 Å². The highest BCUT2D eigenvalue weighted by Gasteiger charge is 2.51. The van der Waals surface area contributed by atoms with Gasteiger partial charge in [-0.2, -0.15) is 0 Å². The van der Waals surface area contributed by atoms with Crippen LogP contribution in [0.1, 0.15) is 91.9 Å². The molecule has 3 fully saturated rings. The smallest absolute Gasteiger partial charge is 0.0613 e. The molecule has 4 atom stereocenters. The zero-order valence-corrected chi connectivity index (χ0v) is 18.7. The summed E-state index contributed by atoms with van der Waals surface area (Å²) in [6.45, 7) is 13.4. The number of allylic oxidation sites excluding steroid dienone is 5. The molecule has 158 valence electrons. The molecule has 0 bridgehead atoms. The minimum atomic E-state index is -0.640. The highest BCUT2D eigenvalue weighted by molar-refractivity contribution is 5.35. The van der Waals surface area contributed by atoms with Gasteiger partial charge in [0.2, 0.25) is 0 Å². The fraction of sp³-hybridized carbons (Fsp3) is 0.769. The Bertz CT molecular complexity index is 621. The lowest BCUT2D eigenvalue weighted by atomic mass is 9.62. The molecule has 0 amide bonds. The van der Waals surface area contributed by atoms with Crippen LogP contribution in [0.3, 0.4) is 0 Å². The quantitative estimate of drug-likeness (QED) is 0.547. The highest BCUT2D eigenvalue weighted by atomic mass is 16.5. The van der Waals surface area contributed by atoms with E-state index >= 15 is 0 Å². The largest absolute Gasteiger partial charge is 0.390 e. The van der Waals surface area contributed by atoms with Crippen molar-refractivity contribution in [2.45, 2.75) is 104 Å². The molecule has 3 rings (SSSR count). The molecule has 0 radical (unpaired) electrons. The van der Waals surface area contributed by atoms with E-state index in [2.05, 4.69) is 32.6 Å². The molecular formula is C26H42O2. The molecule has 0 aromatic heterocycles. The van der Waals surface area contributed by atoms with Crippen molar-refractivity contribution in [3.63, 3.8) is 0 Å². The van der Waals surface area contributed by atoms with E-state index in [-0.39, 0.29) is 6.10 Å². The van der Waals surface area contributed by atoms with E-state index in [4.69, 9.17) is 4.74 Å². The van der Waals surface area contributed by atoms with Crippen LogP contribution in [0.2, 0.25) is 0 Å². The first kappa shape index (κ1) is 21.8. The van der Waals surface area contributed by atoms with Crippen molar-refractivity contribution in [3.8, 4) is 0 Å². The van der Waals surface area contributed by atoms with Crippen LogP contribution in [0.25, 0.3) is 0 Å². The Morgan fingerprint density at radius 1 is 1.18 bits per heavy atom. The lowest BCUT2D eigenvalue weighted by Crippen LogP contribution is -2.39. The van der Waals surface area contributed by atoms with Crippen LogP contribution < -0.4 is 0 Å². The Balaban J connectivity index is 1.67. The van der Waals surface area contributed by atoms with Crippen LogP contribution >= 0.6 is 0 Å². The zero-order valence-electron chi connectivity index (χ0n) is 18.7. The van der Waals surface area contributed by atoms with Crippen molar-refractivity contribution in [2.24, 2.45) is 17.3 Å². The molecular weight excluding hydrogens is 344 g/mol. The molecule has 3 saturated carbocycles. The molecule has 0 aromatic rings. The molecule has 3 aliphatic rings. The van der Waals surface area contributed by atoms with Gasteiger partial charge in [-0.1, -0.05) is 36.8 Å². The maximum atomic E-state index is 9.95. The van der Waals surface area contributed by atoms with E-state index in [1.807, 2.05) is 13.8 Å². The maximum Gasteiger partial charge on any atom is 0.0613 e. The van der Waals surface area contributed by atoms with Gasteiger partial charge in [0, 0.05) is 6.61 Å². The summed E-state index contributed by atoms with van der Waals surface area (Å²) >= 11 is 0. The van der Waals surface area contributed by atoms with Crippen LogP contribution in [0.15, 0.2) is 35.5 Å². The van der Waals surface area contributed by atoms with Crippen LogP contribution in [0.5, 0.6) is 0 Å². The van der Waals surface area contributed by atoms with Gasteiger partial charge in [-0.25, -0.2) is 0 Å². The number of ether oxygens (including phenoxy) is 1. The number of fused-ring (bicyclic) bond motifs is 1.